The summed E-state index contributed by atoms with van der Waals surface area (Å²) in [6.45, 7) is 3.72. The molecule has 0 spiro atoms. The van der Waals surface area contributed by atoms with Gasteiger partial charge in [0.2, 0.25) is 0 Å². The standard InChI is InChI=1S/C12H22N2O2/c1-12(2,16)9-14(3)11(15)13-10-7-5-4-6-8-10/h4-5,10,16H,6-9H2,1-3H3,(H,13,15). The Hall–Kier alpha value is -1.03. The number of aliphatic hydroxyl groups is 1. The fourth-order valence-corrected chi connectivity index (χ4v) is 1.86. The fraction of sp³-hybridized carbons (Fsp3) is 0.750. The minimum absolute atomic E-state index is 0.109. The number of nitrogens with zero attached hydrogens (tertiary/aromatic N) is 1. The zero-order chi connectivity index (χ0) is 12.2. The molecular formula is C12H22N2O2. The molecule has 1 aliphatic rings. The molecule has 0 radical (unpaired) electrons. The van der Waals surface area contributed by atoms with Crippen LogP contribution < -0.4 is 5.32 Å². The van der Waals surface area contributed by atoms with Crippen molar-refractivity contribution in [3.8, 4) is 0 Å². The summed E-state index contributed by atoms with van der Waals surface area (Å²) in [6.07, 6.45) is 7.18. The Balaban J connectivity index is 2.36. The van der Waals surface area contributed by atoms with Gasteiger partial charge in [0.15, 0.2) is 0 Å². The number of hydrogen-bond acceptors (Lipinski definition) is 2. The van der Waals surface area contributed by atoms with Crippen molar-refractivity contribution in [3.05, 3.63) is 12.2 Å². The molecular weight excluding hydrogens is 204 g/mol. The summed E-state index contributed by atoms with van der Waals surface area (Å²) in [5.41, 5.74) is -0.849. The van der Waals surface area contributed by atoms with Crippen molar-refractivity contribution in [2.75, 3.05) is 13.6 Å². The SMILES string of the molecule is CN(CC(C)(C)O)C(=O)NC1CC=CCC1. The second-order valence-corrected chi connectivity index (χ2v) is 5.10. The molecule has 0 heterocycles. The predicted octanol–water partition coefficient (Wildman–Crippen LogP) is 1.51. The van der Waals surface area contributed by atoms with Crippen LogP contribution in [0.5, 0.6) is 0 Å². The molecule has 0 fully saturated rings. The molecule has 1 unspecified atom stereocenters. The Bertz CT molecular complexity index is 269. The largest absolute Gasteiger partial charge is 0.389 e. The van der Waals surface area contributed by atoms with E-state index in [1.807, 2.05) is 0 Å². The molecule has 1 rings (SSSR count). The molecule has 2 N–H and O–H groups in total. The molecule has 0 aromatic rings. The van der Waals surface area contributed by atoms with Crippen molar-refractivity contribution in [1.82, 2.24) is 10.2 Å². The van der Waals surface area contributed by atoms with Gasteiger partial charge in [-0.1, -0.05) is 12.2 Å². The minimum atomic E-state index is -0.849. The average molecular weight is 226 g/mol. The second kappa shape index (κ2) is 5.34. The highest BCUT2D eigenvalue weighted by Crippen LogP contribution is 2.11. The van der Waals surface area contributed by atoms with Gasteiger partial charge in [-0.3, -0.25) is 0 Å². The Kier molecular flexibility index (Phi) is 4.35. The van der Waals surface area contributed by atoms with Crippen LogP contribution in [0.2, 0.25) is 0 Å². The van der Waals surface area contributed by atoms with Crippen LogP contribution in [0.15, 0.2) is 12.2 Å². The minimum Gasteiger partial charge on any atom is -0.389 e. The molecule has 92 valence electrons. The Morgan fingerprint density at radius 2 is 2.25 bits per heavy atom. The van der Waals surface area contributed by atoms with Gasteiger partial charge in [-0.05, 0) is 33.1 Å². The van der Waals surface area contributed by atoms with Gasteiger partial charge in [-0.2, -0.15) is 0 Å². The van der Waals surface area contributed by atoms with E-state index in [9.17, 15) is 9.90 Å². The van der Waals surface area contributed by atoms with Crippen molar-refractivity contribution in [3.63, 3.8) is 0 Å². The average Bonchev–Trinajstić information content (AvgIpc) is 2.16. The van der Waals surface area contributed by atoms with E-state index in [-0.39, 0.29) is 12.1 Å². The lowest BCUT2D eigenvalue weighted by atomic mass is 10.0. The summed E-state index contributed by atoms with van der Waals surface area (Å²) in [6, 6.07) is 0.129. The molecule has 1 atom stereocenters. The van der Waals surface area contributed by atoms with E-state index < -0.39 is 5.60 Å². The molecule has 1 aliphatic carbocycles. The number of carbonyl (C=O) groups excluding carboxylic acids is 1. The number of urea groups is 1. The summed E-state index contributed by atoms with van der Waals surface area (Å²) in [7, 11) is 1.70. The normalized spacial score (nSPS) is 20.6. The van der Waals surface area contributed by atoms with Gasteiger partial charge in [-0.15, -0.1) is 0 Å². The van der Waals surface area contributed by atoms with Crippen LogP contribution >= 0.6 is 0 Å². The zero-order valence-electron chi connectivity index (χ0n) is 10.4. The molecule has 0 saturated carbocycles. The first kappa shape index (κ1) is 13.0. The van der Waals surface area contributed by atoms with Crippen LogP contribution in [-0.4, -0.2) is 41.3 Å². The van der Waals surface area contributed by atoms with Gasteiger partial charge in [0.05, 0.1) is 12.1 Å². The summed E-state index contributed by atoms with van der Waals surface area (Å²) >= 11 is 0. The van der Waals surface area contributed by atoms with Crippen LogP contribution in [-0.2, 0) is 0 Å². The van der Waals surface area contributed by atoms with Gasteiger partial charge in [-0.25, -0.2) is 4.79 Å². The third kappa shape index (κ3) is 4.66. The Morgan fingerprint density at radius 1 is 1.56 bits per heavy atom. The van der Waals surface area contributed by atoms with E-state index in [1.165, 1.54) is 4.90 Å². The molecule has 0 bridgehead atoms. The summed E-state index contributed by atoms with van der Waals surface area (Å²) < 4.78 is 0. The molecule has 0 saturated heterocycles. The molecule has 0 aromatic carbocycles. The van der Waals surface area contributed by atoms with Crippen molar-refractivity contribution >= 4 is 6.03 Å². The van der Waals surface area contributed by atoms with Crippen molar-refractivity contribution in [1.29, 1.82) is 0 Å². The van der Waals surface area contributed by atoms with Gasteiger partial charge in [0.25, 0.3) is 0 Å². The molecule has 0 aliphatic heterocycles. The lowest BCUT2D eigenvalue weighted by Gasteiger charge is -2.28. The maximum atomic E-state index is 11.8. The summed E-state index contributed by atoms with van der Waals surface area (Å²) in [4.78, 5) is 13.3. The first-order valence-electron chi connectivity index (χ1n) is 5.77. The quantitative estimate of drug-likeness (QED) is 0.717. The van der Waals surface area contributed by atoms with Gasteiger partial charge >= 0.3 is 6.03 Å². The Labute approximate surface area is 97.3 Å². The van der Waals surface area contributed by atoms with E-state index in [0.717, 1.165) is 19.3 Å². The number of rotatable bonds is 3. The number of nitrogens with one attached hydrogen (secondary N) is 1. The second-order valence-electron chi connectivity index (χ2n) is 5.10. The zero-order valence-corrected chi connectivity index (χ0v) is 10.4. The van der Waals surface area contributed by atoms with Crippen molar-refractivity contribution in [2.45, 2.75) is 44.8 Å². The molecule has 2 amide bonds. The number of likely N-dealkylation sites (N-methyl/N-ethyl adjacent to an activating group) is 1. The van der Waals surface area contributed by atoms with E-state index in [4.69, 9.17) is 0 Å². The molecule has 4 heteroatoms. The topological polar surface area (TPSA) is 52.6 Å². The number of amides is 2. The number of allylic oxidation sites excluding steroid dienone is 1. The summed E-state index contributed by atoms with van der Waals surface area (Å²) in [5, 5.41) is 12.6. The molecule has 16 heavy (non-hydrogen) atoms. The highest BCUT2D eigenvalue weighted by Gasteiger charge is 2.21. The van der Waals surface area contributed by atoms with Crippen LogP contribution in [0.4, 0.5) is 4.79 Å². The van der Waals surface area contributed by atoms with E-state index in [1.54, 1.807) is 20.9 Å². The highest BCUT2D eigenvalue weighted by atomic mass is 16.3. The predicted molar refractivity (Wildman–Crippen MR) is 64.2 cm³/mol. The van der Waals surface area contributed by atoms with Gasteiger partial charge in [0.1, 0.15) is 0 Å². The smallest absolute Gasteiger partial charge is 0.317 e. The van der Waals surface area contributed by atoms with Gasteiger partial charge < -0.3 is 15.3 Å². The molecule has 0 aromatic heterocycles. The fourth-order valence-electron chi connectivity index (χ4n) is 1.86. The number of hydrogen-bond donors (Lipinski definition) is 2. The molecule has 4 nitrogen and oxygen atoms in total. The van der Waals surface area contributed by atoms with E-state index >= 15 is 0 Å². The maximum Gasteiger partial charge on any atom is 0.317 e. The lowest BCUT2D eigenvalue weighted by Crippen LogP contribution is -2.47. The lowest BCUT2D eigenvalue weighted by molar-refractivity contribution is 0.0527. The van der Waals surface area contributed by atoms with Crippen LogP contribution in [0.1, 0.15) is 33.1 Å². The number of carbonyl (C=O) groups is 1. The van der Waals surface area contributed by atoms with E-state index in [2.05, 4.69) is 17.5 Å². The third-order valence-electron chi connectivity index (χ3n) is 2.57. The van der Waals surface area contributed by atoms with Crippen LogP contribution in [0.25, 0.3) is 0 Å². The monoisotopic (exact) mass is 226 g/mol. The Morgan fingerprint density at radius 3 is 2.75 bits per heavy atom. The third-order valence-corrected chi connectivity index (χ3v) is 2.57. The summed E-state index contributed by atoms with van der Waals surface area (Å²) in [5.74, 6) is 0. The van der Waals surface area contributed by atoms with Gasteiger partial charge in [0, 0.05) is 13.1 Å². The first-order chi connectivity index (χ1) is 7.38. The highest BCUT2D eigenvalue weighted by molar-refractivity contribution is 5.74. The maximum absolute atomic E-state index is 11.8. The van der Waals surface area contributed by atoms with Crippen LogP contribution in [0, 0.1) is 0 Å². The van der Waals surface area contributed by atoms with Crippen LogP contribution in [0.3, 0.4) is 0 Å². The first-order valence-corrected chi connectivity index (χ1v) is 5.77. The van der Waals surface area contributed by atoms with Crippen molar-refractivity contribution < 1.29 is 9.90 Å². The van der Waals surface area contributed by atoms with E-state index in [0.29, 0.717) is 6.54 Å². The van der Waals surface area contributed by atoms with Crippen molar-refractivity contribution in [2.24, 2.45) is 0 Å².